The van der Waals surface area contributed by atoms with Crippen molar-refractivity contribution in [3.63, 3.8) is 0 Å². The van der Waals surface area contributed by atoms with E-state index in [2.05, 4.69) is 36.0 Å². The Balaban J connectivity index is 2.15. The summed E-state index contributed by atoms with van der Waals surface area (Å²) in [5.41, 5.74) is 0. The topological polar surface area (TPSA) is 35.6 Å². The second kappa shape index (κ2) is 6.86. The molecule has 0 unspecified atom stereocenters. The number of nitrogens with one attached hydrogen (secondary N) is 1. The molecular weight excluding hydrogens is 202 g/mol. The van der Waals surface area contributed by atoms with Crippen LogP contribution in [0.25, 0.3) is 0 Å². The minimum atomic E-state index is 0.210. The predicted molar refractivity (Wildman–Crippen MR) is 66.4 cm³/mol. The molecule has 1 rings (SSSR count). The average Bonchev–Trinajstić information content (AvgIpc) is 2.65. The van der Waals surface area contributed by atoms with Gasteiger partial charge in [0.1, 0.15) is 0 Å². The van der Waals surface area contributed by atoms with Crippen LogP contribution in [-0.4, -0.2) is 61.5 Å². The second-order valence-corrected chi connectivity index (χ2v) is 4.59. The zero-order valence-electron chi connectivity index (χ0n) is 10.8. The Morgan fingerprint density at radius 2 is 2.00 bits per heavy atom. The second-order valence-electron chi connectivity index (χ2n) is 4.59. The largest absolute Gasteiger partial charge is 0.352 e. The SMILES string of the molecule is CCN(CC)CCN(C)C[C@H]1CCC(=O)N1. The first-order valence-electron chi connectivity index (χ1n) is 6.36. The number of hydrogen-bond donors (Lipinski definition) is 1. The first-order valence-corrected chi connectivity index (χ1v) is 6.36. The van der Waals surface area contributed by atoms with Crippen molar-refractivity contribution < 1.29 is 4.79 Å². The fourth-order valence-electron chi connectivity index (χ4n) is 2.13. The summed E-state index contributed by atoms with van der Waals surface area (Å²) >= 11 is 0. The van der Waals surface area contributed by atoms with Crippen molar-refractivity contribution in [2.75, 3.05) is 39.8 Å². The van der Waals surface area contributed by atoms with Gasteiger partial charge < -0.3 is 15.1 Å². The molecule has 0 aromatic heterocycles. The van der Waals surface area contributed by atoms with E-state index < -0.39 is 0 Å². The third kappa shape index (κ3) is 4.49. The highest BCUT2D eigenvalue weighted by Crippen LogP contribution is 2.07. The lowest BCUT2D eigenvalue weighted by Crippen LogP contribution is -2.40. The molecule has 1 atom stereocenters. The molecule has 4 heteroatoms. The molecule has 16 heavy (non-hydrogen) atoms. The van der Waals surface area contributed by atoms with Crippen LogP contribution in [0.5, 0.6) is 0 Å². The number of carbonyl (C=O) groups is 1. The number of amides is 1. The summed E-state index contributed by atoms with van der Waals surface area (Å²) in [7, 11) is 2.13. The number of likely N-dealkylation sites (N-methyl/N-ethyl adjacent to an activating group) is 2. The molecule has 0 saturated carbocycles. The van der Waals surface area contributed by atoms with Crippen molar-refractivity contribution in [2.24, 2.45) is 0 Å². The Morgan fingerprint density at radius 3 is 2.50 bits per heavy atom. The van der Waals surface area contributed by atoms with Gasteiger partial charge in [0.05, 0.1) is 0 Å². The lowest BCUT2D eigenvalue weighted by atomic mass is 10.2. The highest BCUT2D eigenvalue weighted by atomic mass is 16.1. The van der Waals surface area contributed by atoms with Crippen molar-refractivity contribution >= 4 is 5.91 Å². The zero-order chi connectivity index (χ0) is 12.0. The molecular formula is C12H25N3O. The highest BCUT2D eigenvalue weighted by molar-refractivity contribution is 5.78. The molecule has 1 amide bonds. The normalized spacial score (nSPS) is 20.8. The Kier molecular flexibility index (Phi) is 5.77. The Hall–Kier alpha value is -0.610. The summed E-state index contributed by atoms with van der Waals surface area (Å²) in [6.45, 7) is 9.79. The zero-order valence-corrected chi connectivity index (χ0v) is 10.8. The fraction of sp³-hybridized carbons (Fsp3) is 0.917. The summed E-state index contributed by atoms with van der Waals surface area (Å²) < 4.78 is 0. The molecule has 0 aromatic rings. The summed E-state index contributed by atoms with van der Waals surface area (Å²) in [5, 5.41) is 3.01. The summed E-state index contributed by atoms with van der Waals surface area (Å²) in [4.78, 5) is 15.8. The quantitative estimate of drug-likeness (QED) is 0.689. The van der Waals surface area contributed by atoms with Crippen molar-refractivity contribution in [3.8, 4) is 0 Å². The maximum atomic E-state index is 11.1. The van der Waals surface area contributed by atoms with Crippen LogP contribution in [0.3, 0.4) is 0 Å². The number of rotatable bonds is 7. The van der Waals surface area contributed by atoms with E-state index in [-0.39, 0.29) is 5.91 Å². The van der Waals surface area contributed by atoms with Gasteiger partial charge in [-0.25, -0.2) is 0 Å². The molecule has 1 saturated heterocycles. The fourth-order valence-corrected chi connectivity index (χ4v) is 2.13. The number of nitrogens with zero attached hydrogens (tertiary/aromatic N) is 2. The van der Waals surface area contributed by atoms with Gasteiger partial charge in [0.25, 0.3) is 0 Å². The predicted octanol–water partition coefficient (Wildman–Crippen LogP) is 0.539. The van der Waals surface area contributed by atoms with E-state index >= 15 is 0 Å². The first-order chi connectivity index (χ1) is 7.65. The van der Waals surface area contributed by atoms with E-state index in [9.17, 15) is 4.79 Å². The molecule has 1 aliphatic rings. The van der Waals surface area contributed by atoms with Crippen LogP contribution >= 0.6 is 0 Å². The van der Waals surface area contributed by atoms with Crippen LogP contribution in [0.1, 0.15) is 26.7 Å². The molecule has 1 heterocycles. The minimum absolute atomic E-state index is 0.210. The Labute approximate surface area is 99.0 Å². The van der Waals surface area contributed by atoms with Crippen LogP contribution in [0.2, 0.25) is 0 Å². The molecule has 1 aliphatic heterocycles. The first kappa shape index (κ1) is 13.5. The van der Waals surface area contributed by atoms with E-state index in [0.29, 0.717) is 12.5 Å². The summed E-state index contributed by atoms with van der Waals surface area (Å²) in [6.07, 6.45) is 1.70. The van der Waals surface area contributed by atoms with Crippen LogP contribution in [0, 0.1) is 0 Å². The third-order valence-corrected chi connectivity index (χ3v) is 3.31. The Bertz CT molecular complexity index is 216. The smallest absolute Gasteiger partial charge is 0.220 e. The van der Waals surface area contributed by atoms with Crippen LogP contribution in [0.4, 0.5) is 0 Å². The number of hydrogen-bond acceptors (Lipinski definition) is 3. The van der Waals surface area contributed by atoms with Gasteiger partial charge in [-0.1, -0.05) is 13.8 Å². The van der Waals surface area contributed by atoms with Crippen molar-refractivity contribution in [1.82, 2.24) is 15.1 Å². The standard InChI is InChI=1S/C12H25N3O/c1-4-15(5-2)9-8-14(3)10-11-6-7-12(16)13-11/h11H,4-10H2,1-3H3,(H,13,16)/t11-/m1/s1. The monoisotopic (exact) mass is 227 g/mol. The molecule has 0 aromatic carbocycles. The molecule has 0 spiro atoms. The summed E-state index contributed by atoms with van der Waals surface area (Å²) in [6, 6.07) is 0.370. The van der Waals surface area contributed by atoms with Crippen LogP contribution in [-0.2, 0) is 4.79 Å². The van der Waals surface area contributed by atoms with Gasteiger partial charge >= 0.3 is 0 Å². The van der Waals surface area contributed by atoms with Gasteiger partial charge in [0, 0.05) is 32.1 Å². The molecule has 1 N–H and O–H groups in total. The van der Waals surface area contributed by atoms with E-state index in [1.165, 1.54) is 0 Å². The molecule has 0 radical (unpaired) electrons. The van der Waals surface area contributed by atoms with Gasteiger partial charge in [-0.3, -0.25) is 4.79 Å². The van der Waals surface area contributed by atoms with E-state index in [0.717, 1.165) is 39.1 Å². The van der Waals surface area contributed by atoms with Gasteiger partial charge in [-0.05, 0) is 26.6 Å². The maximum absolute atomic E-state index is 11.1. The Morgan fingerprint density at radius 1 is 1.31 bits per heavy atom. The van der Waals surface area contributed by atoms with Crippen molar-refractivity contribution in [1.29, 1.82) is 0 Å². The lowest BCUT2D eigenvalue weighted by Gasteiger charge is -2.25. The summed E-state index contributed by atoms with van der Waals surface area (Å²) in [5.74, 6) is 0.210. The van der Waals surface area contributed by atoms with E-state index in [4.69, 9.17) is 0 Å². The third-order valence-electron chi connectivity index (χ3n) is 3.31. The van der Waals surface area contributed by atoms with Gasteiger partial charge in [0.2, 0.25) is 5.91 Å². The van der Waals surface area contributed by atoms with Crippen LogP contribution in [0.15, 0.2) is 0 Å². The number of carbonyl (C=O) groups excluding carboxylic acids is 1. The molecule has 1 fully saturated rings. The van der Waals surface area contributed by atoms with Crippen molar-refractivity contribution in [2.45, 2.75) is 32.7 Å². The van der Waals surface area contributed by atoms with Gasteiger partial charge in [-0.15, -0.1) is 0 Å². The van der Waals surface area contributed by atoms with Crippen LogP contribution < -0.4 is 5.32 Å². The van der Waals surface area contributed by atoms with E-state index in [1.54, 1.807) is 0 Å². The van der Waals surface area contributed by atoms with E-state index in [1.807, 2.05) is 0 Å². The van der Waals surface area contributed by atoms with Gasteiger partial charge in [0.15, 0.2) is 0 Å². The molecule has 0 aliphatic carbocycles. The highest BCUT2D eigenvalue weighted by Gasteiger charge is 2.21. The minimum Gasteiger partial charge on any atom is -0.352 e. The molecule has 4 nitrogen and oxygen atoms in total. The maximum Gasteiger partial charge on any atom is 0.220 e. The molecule has 0 bridgehead atoms. The van der Waals surface area contributed by atoms with Gasteiger partial charge in [-0.2, -0.15) is 0 Å². The average molecular weight is 227 g/mol. The lowest BCUT2D eigenvalue weighted by molar-refractivity contribution is -0.119. The molecule has 94 valence electrons. The van der Waals surface area contributed by atoms with Crippen molar-refractivity contribution in [3.05, 3.63) is 0 Å².